The van der Waals surface area contributed by atoms with Crippen LogP contribution in [0.3, 0.4) is 0 Å². The summed E-state index contributed by atoms with van der Waals surface area (Å²) >= 11 is 0. The first kappa shape index (κ1) is 24.3. The largest absolute Gasteiger partial charge is 0.418 e. The van der Waals surface area contributed by atoms with Gasteiger partial charge < -0.3 is 16.0 Å². The van der Waals surface area contributed by atoms with Crippen molar-refractivity contribution in [2.24, 2.45) is 5.10 Å². The molecular formula is C27H20F3N7O2. The Morgan fingerprint density at radius 1 is 1.18 bits per heavy atom. The molecule has 12 heteroatoms. The highest BCUT2D eigenvalue weighted by atomic mass is 19.4. The molecule has 3 aromatic carbocycles. The number of carbonyl (C=O) groups excluding carboxylic acids is 2. The van der Waals surface area contributed by atoms with Crippen LogP contribution in [0.1, 0.15) is 50.7 Å². The quantitative estimate of drug-likeness (QED) is 0.178. The second kappa shape index (κ2) is 9.08. The first-order valence-corrected chi connectivity index (χ1v) is 12.0. The van der Waals surface area contributed by atoms with E-state index in [1.54, 1.807) is 22.9 Å². The molecule has 39 heavy (non-hydrogen) atoms. The molecule has 0 saturated heterocycles. The molecule has 2 amide bonds. The van der Waals surface area contributed by atoms with Crippen LogP contribution in [0, 0.1) is 5.41 Å². The summed E-state index contributed by atoms with van der Waals surface area (Å²) in [5, 5.41) is 21.9. The summed E-state index contributed by atoms with van der Waals surface area (Å²) in [4.78, 5) is 25.7. The van der Waals surface area contributed by atoms with E-state index in [1.807, 2.05) is 12.1 Å². The fraction of sp³-hybridized carbons (Fsp3) is 0.148. The van der Waals surface area contributed by atoms with E-state index in [0.29, 0.717) is 22.6 Å². The second-order valence-corrected chi connectivity index (χ2v) is 9.21. The molecule has 4 aromatic rings. The number of anilines is 3. The van der Waals surface area contributed by atoms with Crippen molar-refractivity contribution in [2.75, 3.05) is 16.1 Å². The summed E-state index contributed by atoms with van der Waals surface area (Å²) in [6.07, 6.45) is 0.238. The lowest BCUT2D eigenvalue weighted by atomic mass is 10.0. The van der Waals surface area contributed by atoms with E-state index < -0.39 is 17.6 Å². The van der Waals surface area contributed by atoms with Gasteiger partial charge in [0.05, 0.1) is 40.6 Å². The lowest BCUT2D eigenvalue weighted by molar-refractivity contribution is -0.136. The van der Waals surface area contributed by atoms with Crippen molar-refractivity contribution >= 4 is 52.1 Å². The Bertz CT molecular complexity index is 1700. The minimum Gasteiger partial charge on any atom is -0.322 e. The van der Waals surface area contributed by atoms with Gasteiger partial charge in [-0.05, 0) is 49.2 Å². The van der Waals surface area contributed by atoms with E-state index in [4.69, 9.17) is 5.41 Å². The Morgan fingerprint density at radius 2 is 2.00 bits per heavy atom. The molecule has 196 valence electrons. The van der Waals surface area contributed by atoms with Crippen LogP contribution < -0.4 is 16.1 Å². The molecule has 0 unspecified atom stereocenters. The number of hydrogen-bond donors (Lipinski definition) is 4. The average molecular weight is 531 g/mol. The predicted octanol–water partition coefficient (Wildman–Crippen LogP) is 5.79. The zero-order chi connectivity index (χ0) is 27.3. The van der Waals surface area contributed by atoms with Gasteiger partial charge in [0.15, 0.2) is 0 Å². The molecule has 6 rings (SSSR count). The summed E-state index contributed by atoms with van der Waals surface area (Å²) < 4.78 is 42.8. The molecule has 0 spiro atoms. The van der Waals surface area contributed by atoms with Crippen molar-refractivity contribution in [3.8, 4) is 5.69 Å². The number of benzene rings is 3. The van der Waals surface area contributed by atoms with Gasteiger partial charge in [0.2, 0.25) is 0 Å². The zero-order valence-corrected chi connectivity index (χ0v) is 20.1. The molecule has 4 N–H and O–H groups in total. The van der Waals surface area contributed by atoms with Crippen molar-refractivity contribution in [1.29, 1.82) is 5.41 Å². The van der Waals surface area contributed by atoms with Crippen LogP contribution in [-0.4, -0.2) is 34.0 Å². The fourth-order valence-corrected chi connectivity index (χ4v) is 4.83. The van der Waals surface area contributed by atoms with Crippen molar-refractivity contribution in [3.05, 3.63) is 77.1 Å². The third-order valence-corrected chi connectivity index (χ3v) is 6.67. The monoisotopic (exact) mass is 531 g/mol. The first-order valence-electron chi connectivity index (χ1n) is 12.0. The first-order chi connectivity index (χ1) is 18.8. The van der Waals surface area contributed by atoms with Crippen LogP contribution >= 0.6 is 0 Å². The van der Waals surface area contributed by atoms with Crippen LogP contribution in [0.4, 0.5) is 30.2 Å². The maximum absolute atomic E-state index is 13.7. The Kier molecular flexibility index (Phi) is 5.67. The zero-order valence-electron chi connectivity index (χ0n) is 20.1. The van der Waals surface area contributed by atoms with Crippen LogP contribution in [0.2, 0.25) is 0 Å². The van der Waals surface area contributed by atoms with E-state index in [2.05, 4.69) is 26.3 Å². The SMILES string of the molecule is N=C/C=N\Nc1ccc(NC(=O)c2cnn(-c3ccc4c5c(cccc35)C(=O)N4)c2C2CC2)cc1C(F)(F)F. The van der Waals surface area contributed by atoms with Gasteiger partial charge >= 0.3 is 6.18 Å². The van der Waals surface area contributed by atoms with Crippen LogP contribution in [0.15, 0.2) is 59.8 Å². The van der Waals surface area contributed by atoms with Gasteiger partial charge in [0, 0.05) is 39.8 Å². The number of aromatic nitrogens is 2. The van der Waals surface area contributed by atoms with E-state index >= 15 is 0 Å². The molecule has 1 saturated carbocycles. The van der Waals surface area contributed by atoms with E-state index in [1.165, 1.54) is 12.3 Å². The molecular weight excluding hydrogens is 511 g/mol. The highest BCUT2D eigenvalue weighted by molar-refractivity contribution is 6.25. The van der Waals surface area contributed by atoms with E-state index in [9.17, 15) is 22.8 Å². The number of rotatable bonds is 7. The summed E-state index contributed by atoms with van der Waals surface area (Å²) in [7, 11) is 0. The normalized spacial score (nSPS) is 14.6. The van der Waals surface area contributed by atoms with Gasteiger partial charge in [0.25, 0.3) is 11.8 Å². The van der Waals surface area contributed by atoms with Gasteiger partial charge in [-0.25, -0.2) is 4.68 Å². The smallest absolute Gasteiger partial charge is 0.322 e. The number of halogens is 3. The van der Waals surface area contributed by atoms with Gasteiger partial charge in [-0.2, -0.15) is 23.4 Å². The average Bonchev–Trinajstić information content (AvgIpc) is 3.57. The molecule has 1 aliphatic heterocycles. The highest BCUT2D eigenvalue weighted by Gasteiger charge is 2.36. The number of alkyl halides is 3. The minimum absolute atomic E-state index is 0.0432. The van der Waals surface area contributed by atoms with Gasteiger partial charge in [-0.15, -0.1) is 0 Å². The Hall–Kier alpha value is -5.00. The fourth-order valence-electron chi connectivity index (χ4n) is 4.83. The Labute approximate surface area is 219 Å². The third-order valence-electron chi connectivity index (χ3n) is 6.67. The highest BCUT2D eigenvalue weighted by Crippen LogP contribution is 2.44. The molecule has 1 aromatic heterocycles. The second-order valence-electron chi connectivity index (χ2n) is 9.21. The summed E-state index contributed by atoms with van der Waals surface area (Å²) in [6.45, 7) is 0. The summed E-state index contributed by atoms with van der Waals surface area (Å²) in [5.41, 5.74) is 3.79. The number of carbonyl (C=O) groups is 2. The van der Waals surface area contributed by atoms with Crippen LogP contribution in [0.5, 0.6) is 0 Å². The summed E-state index contributed by atoms with van der Waals surface area (Å²) in [5.74, 6) is -0.696. The van der Waals surface area contributed by atoms with Gasteiger partial charge in [0.1, 0.15) is 0 Å². The number of hydrazone groups is 1. The molecule has 0 radical (unpaired) electrons. The molecule has 0 atom stereocenters. The molecule has 1 fully saturated rings. The summed E-state index contributed by atoms with van der Waals surface area (Å²) in [6, 6.07) is 12.4. The van der Waals surface area contributed by atoms with E-state index in [-0.39, 0.29) is 28.8 Å². The Morgan fingerprint density at radius 3 is 2.74 bits per heavy atom. The third kappa shape index (κ3) is 4.29. The number of hydrogen-bond acceptors (Lipinski definition) is 6. The molecule has 0 bridgehead atoms. The Balaban J connectivity index is 1.36. The lowest BCUT2D eigenvalue weighted by Crippen LogP contribution is -2.16. The van der Waals surface area contributed by atoms with Crippen molar-refractivity contribution in [3.63, 3.8) is 0 Å². The molecule has 9 nitrogen and oxygen atoms in total. The van der Waals surface area contributed by atoms with Crippen molar-refractivity contribution < 1.29 is 22.8 Å². The van der Waals surface area contributed by atoms with E-state index in [0.717, 1.165) is 48.2 Å². The lowest BCUT2D eigenvalue weighted by Gasteiger charge is -2.15. The topological polar surface area (TPSA) is 124 Å². The van der Waals surface area contributed by atoms with Crippen molar-refractivity contribution in [2.45, 2.75) is 24.9 Å². The standard InChI is InChI=1S/C27H20F3N7O2/c28-27(29,30)19-12-15(6-7-20(19)36-32-11-10-31)34-26(39)18-13-33-37(24(18)14-4-5-14)22-9-8-21-23-16(22)2-1-3-17(23)25(38)35-21/h1-3,6-14,31,36H,4-5H2,(H,34,39)(H,35,38)/b31-10?,32-11-. The van der Waals surface area contributed by atoms with Gasteiger partial charge in [-0.1, -0.05) is 12.1 Å². The molecule has 2 heterocycles. The van der Waals surface area contributed by atoms with Crippen LogP contribution in [0.25, 0.3) is 16.5 Å². The number of nitrogens with zero attached hydrogens (tertiary/aromatic N) is 3. The molecule has 2 aliphatic rings. The maximum Gasteiger partial charge on any atom is 0.418 e. The van der Waals surface area contributed by atoms with Crippen LogP contribution in [-0.2, 0) is 6.18 Å². The minimum atomic E-state index is -4.71. The molecule has 1 aliphatic carbocycles. The maximum atomic E-state index is 13.7. The number of amides is 2. The number of nitrogens with one attached hydrogen (secondary N) is 4. The van der Waals surface area contributed by atoms with Gasteiger partial charge in [-0.3, -0.25) is 15.0 Å². The van der Waals surface area contributed by atoms with Crippen molar-refractivity contribution in [1.82, 2.24) is 9.78 Å². The predicted molar refractivity (Wildman–Crippen MR) is 141 cm³/mol.